The van der Waals surface area contributed by atoms with Gasteiger partial charge in [0.05, 0.1) is 22.6 Å². The van der Waals surface area contributed by atoms with E-state index in [1.807, 2.05) is 9.58 Å². The third-order valence-electron chi connectivity index (χ3n) is 5.14. The molecule has 1 saturated carbocycles. The molecule has 4 rings (SSSR count). The number of aromatic nitrogens is 2. The van der Waals surface area contributed by atoms with Crippen LogP contribution in [0.15, 0.2) is 24.3 Å². The van der Waals surface area contributed by atoms with Crippen LogP contribution in [-0.2, 0) is 0 Å². The molecule has 4 nitrogen and oxygen atoms in total. The molecule has 1 saturated heterocycles. The monoisotopic (exact) mass is 341 g/mol. The molecule has 1 aromatic heterocycles. The van der Waals surface area contributed by atoms with Gasteiger partial charge in [-0.05, 0) is 55.9 Å². The number of hydrogen-bond donors (Lipinski definition) is 0. The predicted octanol–water partition coefficient (Wildman–Crippen LogP) is 4.25. The van der Waals surface area contributed by atoms with E-state index in [2.05, 4.69) is 13.8 Å². The lowest BCUT2D eigenvalue weighted by molar-refractivity contribution is 0.0790. The van der Waals surface area contributed by atoms with E-state index in [1.165, 1.54) is 12.1 Å². The van der Waals surface area contributed by atoms with E-state index >= 15 is 0 Å². The van der Waals surface area contributed by atoms with E-state index < -0.39 is 0 Å². The number of carbonyl (C=O) groups excluding carboxylic acids is 1. The summed E-state index contributed by atoms with van der Waals surface area (Å²) < 4.78 is 15.2. The van der Waals surface area contributed by atoms with E-state index in [0.29, 0.717) is 5.92 Å². The standard InChI is InChI=1S/C20H24FN3O/c1-13(2)19-17(20(25)23-11-3-4-12-23)18(14-5-6-14)22-24(19)16-9-7-15(21)8-10-16/h7-10,13-14H,3-6,11-12H2,1-2H3. The minimum atomic E-state index is -0.266. The number of amides is 1. The summed E-state index contributed by atoms with van der Waals surface area (Å²) in [4.78, 5) is 15.2. The van der Waals surface area contributed by atoms with E-state index in [0.717, 1.165) is 61.4 Å². The molecule has 2 aliphatic rings. The molecule has 132 valence electrons. The lowest BCUT2D eigenvalue weighted by Crippen LogP contribution is -2.29. The third-order valence-corrected chi connectivity index (χ3v) is 5.14. The highest BCUT2D eigenvalue weighted by Gasteiger charge is 2.37. The van der Waals surface area contributed by atoms with Gasteiger partial charge in [-0.3, -0.25) is 4.79 Å². The summed E-state index contributed by atoms with van der Waals surface area (Å²) in [5.74, 6) is 0.404. The van der Waals surface area contributed by atoms with E-state index in [-0.39, 0.29) is 17.6 Å². The Kier molecular flexibility index (Phi) is 4.10. The van der Waals surface area contributed by atoms with E-state index in [9.17, 15) is 9.18 Å². The Bertz CT molecular complexity index is 784. The van der Waals surface area contributed by atoms with Crippen molar-refractivity contribution < 1.29 is 9.18 Å². The van der Waals surface area contributed by atoms with Crippen molar-refractivity contribution in [3.63, 3.8) is 0 Å². The first-order valence-corrected chi connectivity index (χ1v) is 9.24. The first kappa shape index (κ1) is 16.3. The van der Waals surface area contributed by atoms with E-state index in [1.54, 1.807) is 12.1 Å². The average Bonchev–Trinajstić information content (AvgIpc) is 3.14. The summed E-state index contributed by atoms with van der Waals surface area (Å²) in [7, 11) is 0. The lowest BCUT2D eigenvalue weighted by atomic mass is 10.0. The largest absolute Gasteiger partial charge is 0.339 e. The number of likely N-dealkylation sites (tertiary alicyclic amines) is 1. The van der Waals surface area contributed by atoms with Crippen LogP contribution in [0.4, 0.5) is 4.39 Å². The molecule has 1 amide bonds. The van der Waals surface area contributed by atoms with Gasteiger partial charge in [-0.2, -0.15) is 5.10 Å². The van der Waals surface area contributed by atoms with Crippen LogP contribution in [0.3, 0.4) is 0 Å². The second-order valence-electron chi connectivity index (χ2n) is 7.46. The van der Waals surface area contributed by atoms with Crippen LogP contribution >= 0.6 is 0 Å². The molecule has 0 radical (unpaired) electrons. The highest BCUT2D eigenvalue weighted by atomic mass is 19.1. The molecule has 0 N–H and O–H groups in total. The van der Waals surface area contributed by atoms with Gasteiger partial charge in [0.25, 0.3) is 5.91 Å². The zero-order valence-corrected chi connectivity index (χ0v) is 14.8. The first-order chi connectivity index (χ1) is 12.1. The quantitative estimate of drug-likeness (QED) is 0.834. The molecule has 0 atom stereocenters. The highest BCUT2D eigenvalue weighted by molar-refractivity contribution is 5.97. The smallest absolute Gasteiger partial charge is 0.257 e. The topological polar surface area (TPSA) is 38.1 Å². The van der Waals surface area contributed by atoms with Crippen LogP contribution in [0.1, 0.15) is 73.1 Å². The zero-order valence-electron chi connectivity index (χ0n) is 14.8. The summed E-state index contributed by atoms with van der Waals surface area (Å²) in [6.45, 7) is 5.85. The fourth-order valence-electron chi connectivity index (χ4n) is 3.70. The van der Waals surface area contributed by atoms with Crippen LogP contribution in [0.5, 0.6) is 0 Å². The van der Waals surface area contributed by atoms with Crippen molar-refractivity contribution in [2.24, 2.45) is 0 Å². The van der Waals surface area contributed by atoms with Gasteiger partial charge in [-0.25, -0.2) is 9.07 Å². The van der Waals surface area contributed by atoms with Gasteiger partial charge in [0.1, 0.15) is 5.82 Å². The number of carbonyl (C=O) groups is 1. The second-order valence-corrected chi connectivity index (χ2v) is 7.46. The maximum Gasteiger partial charge on any atom is 0.257 e. The van der Waals surface area contributed by atoms with Crippen molar-refractivity contribution in [2.45, 2.75) is 51.4 Å². The van der Waals surface area contributed by atoms with E-state index in [4.69, 9.17) is 5.10 Å². The minimum absolute atomic E-state index is 0.122. The lowest BCUT2D eigenvalue weighted by Gasteiger charge is -2.18. The number of halogens is 1. The summed E-state index contributed by atoms with van der Waals surface area (Å²) in [6, 6.07) is 6.35. The average molecular weight is 341 g/mol. The van der Waals surface area contributed by atoms with Crippen molar-refractivity contribution in [2.75, 3.05) is 13.1 Å². The van der Waals surface area contributed by atoms with Gasteiger partial charge >= 0.3 is 0 Å². The SMILES string of the molecule is CC(C)c1c(C(=O)N2CCCC2)c(C2CC2)nn1-c1ccc(F)cc1. The maximum atomic E-state index is 13.3. The van der Waals surface area contributed by atoms with Gasteiger partial charge in [-0.15, -0.1) is 0 Å². The molecule has 1 aliphatic heterocycles. The Balaban J connectivity index is 1.86. The predicted molar refractivity (Wildman–Crippen MR) is 94.7 cm³/mol. The van der Waals surface area contributed by atoms with Crippen molar-refractivity contribution >= 4 is 5.91 Å². The number of hydrogen-bond acceptors (Lipinski definition) is 2. The Morgan fingerprint density at radius 1 is 1.16 bits per heavy atom. The van der Waals surface area contributed by atoms with Gasteiger partial charge in [-0.1, -0.05) is 13.8 Å². The van der Waals surface area contributed by atoms with Crippen LogP contribution in [0.2, 0.25) is 0 Å². The molecule has 0 spiro atoms. The molecule has 1 aromatic carbocycles. The first-order valence-electron chi connectivity index (χ1n) is 9.24. The van der Waals surface area contributed by atoms with Crippen LogP contribution in [0, 0.1) is 5.82 Å². The summed E-state index contributed by atoms with van der Waals surface area (Å²) in [5.41, 5.74) is 3.49. The van der Waals surface area contributed by atoms with Crippen molar-refractivity contribution in [3.05, 3.63) is 47.0 Å². The summed E-state index contributed by atoms with van der Waals surface area (Å²) in [5, 5.41) is 4.83. The Morgan fingerprint density at radius 3 is 2.36 bits per heavy atom. The minimum Gasteiger partial charge on any atom is -0.339 e. The van der Waals surface area contributed by atoms with Crippen molar-refractivity contribution in [3.8, 4) is 5.69 Å². The summed E-state index contributed by atoms with van der Waals surface area (Å²) >= 11 is 0. The number of benzene rings is 1. The summed E-state index contributed by atoms with van der Waals surface area (Å²) in [6.07, 6.45) is 4.34. The Hall–Kier alpha value is -2.17. The Labute approximate surface area is 147 Å². The van der Waals surface area contributed by atoms with Gasteiger partial charge in [0.15, 0.2) is 0 Å². The fourth-order valence-corrected chi connectivity index (χ4v) is 3.70. The zero-order chi connectivity index (χ0) is 17.6. The number of rotatable bonds is 4. The number of nitrogens with zero attached hydrogens (tertiary/aromatic N) is 3. The van der Waals surface area contributed by atoms with Crippen LogP contribution in [0.25, 0.3) is 5.69 Å². The van der Waals surface area contributed by atoms with Crippen molar-refractivity contribution in [1.29, 1.82) is 0 Å². The molecule has 0 unspecified atom stereocenters. The molecule has 2 fully saturated rings. The molecular weight excluding hydrogens is 317 g/mol. The Morgan fingerprint density at radius 2 is 1.80 bits per heavy atom. The molecule has 25 heavy (non-hydrogen) atoms. The van der Waals surface area contributed by atoms with Gasteiger partial charge < -0.3 is 4.90 Å². The van der Waals surface area contributed by atoms with Gasteiger partial charge in [0.2, 0.25) is 0 Å². The maximum absolute atomic E-state index is 13.3. The van der Waals surface area contributed by atoms with Crippen LogP contribution < -0.4 is 0 Å². The second kappa shape index (κ2) is 6.28. The third kappa shape index (κ3) is 2.96. The molecule has 5 heteroatoms. The fraction of sp³-hybridized carbons (Fsp3) is 0.500. The van der Waals surface area contributed by atoms with Gasteiger partial charge in [0, 0.05) is 19.0 Å². The molecule has 2 heterocycles. The van der Waals surface area contributed by atoms with Crippen LogP contribution in [-0.4, -0.2) is 33.7 Å². The van der Waals surface area contributed by atoms with Crippen molar-refractivity contribution in [1.82, 2.24) is 14.7 Å². The molecule has 2 aromatic rings. The molecule has 1 aliphatic carbocycles. The highest BCUT2D eigenvalue weighted by Crippen LogP contribution is 2.43. The molecular formula is C20H24FN3O. The molecule has 0 bridgehead atoms. The normalized spacial score (nSPS) is 17.5.